The molecule has 4 aromatic heterocycles. The maximum Gasteiger partial charge on any atom is 0.249 e. The van der Waals surface area contributed by atoms with Crippen LogP contribution in [0.15, 0.2) is 238 Å². The second-order valence-corrected chi connectivity index (χ2v) is 22.9. The highest BCUT2D eigenvalue weighted by Crippen LogP contribution is 2.46. The molecule has 0 amide bonds. The zero-order valence-corrected chi connectivity index (χ0v) is 41.2. The molecule has 0 fully saturated rings. The maximum absolute atomic E-state index is 2.66. The smallest absolute Gasteiger partial charge is 0.249 e. The Morgan fingerprint density at radius 3 is 0.959 bits per heavy atom. The van der Waals surface area contributed by atoms with Gasteiger partial charge in [-0.15, -0.1) is 0 Å². The van der Waals surface area contributed by atoms with E-state index in [4.69, 9.17) is 0 Å². The second kappa shape index (κ2) is 13.7. The fourth-order valence-corrected chi connectivity index (χ4v) is 17.0. The molecule has 0 atom stereocenters. The Morgan fingerprint density at radius 2 is 0.581 bits per heavy atom. The molecular weight excluding hydrogens is 935 g/mol. The molecule has 8 heterocycles. The normalized spacial score (nSPS) is 13.8. The summed E-state index contributed by atoms with van der Waals surface area (Å²) in [5.74, 6) is 0. The predicted molar refractivity (Wildman–Crippen MR) is 314 cm³/mol. The molecular formula is C66H36B2N4S2. The van der Waals surface area contributed by atoms with Gasteiger partial charge in [-0.3, -0.25) is 0 Å². The predicted octanol–water partition coefficient (Wildman–Crippen LogP) is 12.7. The molecule has 0 N–H and O–H groups in total. The van der Waals surface area contributed by atoms with Gasteiger partial charge in [-0.2, -0.15) is 0 Å². The van der Waals surface area contributed by atoms with E-state index in [1.165, 1.54) is 162 Å². The monoisotopic (exact) mass is 970 g/mol. The lowest BCUT2D eigenvalue weighted by Gasteiger charge is -2.37. The number of aromatic nitrogens is 4. The zero-order chi connectivity index (χ0) is 47.7. The molecule has 0 saturated carbocycles. The van der Waals surface area contributed by atoms with E-state index in [9.17, 15) is 0 Å². The van der Waals surface area contributed by atoms with Crippen LogP contribution in [0.25, 0.3) is 110 Å². The highest BCUT2D eigenvalue weighted by Gasteiger charge is 2.45. The van der Waals surface area contributed by atoms with Crippen molar-refractivity contribution in [3.63, 3.8) is 0 Å². The quantitative estimate of drug-likeness (QED) is 0.161. The van der Waals surface area contributed by atoms with Gasteiger partial charge in [-0.1, -0.05) is 186 Å². The van der Waals surface area contributed by atoms with Crippen LogP contribution in [0.4, 0.5) is 0 Å². The van der Waals surface area contributed by atoms with Crippen LogP contribution in [-0.2, 0) is 0 Å². The van der Waals surface area contributed by atoms with E-state index in [0.29, 0.717) is 0 Å². The first-order chi connectivity index (χ1) is 36.7. The molecule has 8 heteroatoms. The molecule has 4 aliphatic heterocycles. The van der Waals surface area contributed by atoms with E-state index < -0.39 is 0 Å². The summed E-state index contributed by atoms with van der Waals surface area (Å²) in [7, 11) is 0. The first kappa shape index (κ1) is 39.0. The fraction of sp³-hybridized carbons (Fsp3) is 0. The van der Waals surface area contributed by atoms with E-state index in [0.717, 1.165) is 0 Å². The Bertz CT molecular complexity index is 4710. The molecule has 74 heavy (non-hydrogen) atoms. The third kappa shape index (κ3) is 4.70. The minimum absolute atomic E-state index is 0.0450. The summed E-state index contributed by atoms with van der Waals surface area (Å²) in [4.78, 5) is 5.32. The van der Waals surface area contributed by atoms with Crippen molar-refractivity contribution in [3.8, 4) is 22.7 Å². The first-order valence-corrected chi connectivity index (χ1v) is 27.3. The van der Waals surface area contributed by atoms with Crippen molar-refractivity contribution >= 4 is 157 Å². The maximum atomic E-state index is 2.66. The van der Waals surface area contributed by atoms with Crippen LogP contribution in [-0.4, -0.2) is 31.7 Å². The SMILES string of the molecule is c1ccc2c(c1)c1ccccc1n2-c1cc2c3c(c1)-n1c4ccccc4c4cccc(c41)B3c1cc3c(cc1S2)Sc1cc(-n2c4ccccc4c4ccccc42)cc2c1B3c1cccc3c4ccccc4n-2c13. The number of rotatable bonds is 2. The summed E-state index contributed by atoms with van der Waals surface area (Å²) in [6.07, 6.45) is 0. The van der Waals surface area contributed by atoms with Crippen LogP contribution >= 0.6 is 23.5 Å². The summed E-state index contributed by atoms with van der Waals surface area (Å²) in [5.41, 5.74) is 23.3. The van der Waals surface area contributed by atoms with Gasteiger partial charge in [-0.25, -0.2) is 0 Å². The van der Waals surface area contributed by atoms with Crippen molar-refractivity contribution < 1.29 is 0 Å². The number of hydrogen-bond donors (Lipinski definition) is 0. The van der Waals surface area contributed by atoms with Crippen molar-refractivity contribution in [1.82, 2.24) is 18.3 Å². The number of benzene rings is 11. The third-order valence-electron chi connectivity index (χ3n) is 17.2. The first-order valence-electron chi connectivity index (χ1n) is 25.6. The van der Waals surface area contributed by atoms with Crippen LogP contribution in [0.3, 0.4) is 0 Å². The lowest BCUT2D eigenvalue weighted by Crippen LogP contribution is -2.62. The van der Waals surface area contributed by atoms with E-state index in [2.05, 4.69) is 237 Å². The van der Waals surface area contributed by atoms with Crippen LogP contribution < -0.4 is 32.8 Å². The summed E-state index contributed by atoms with van der Waals surface area (Å²) in [6, 6.07) is 83.1. The summed E-state index contributed by atoms with van der Waals surface area (Å²) < 4.78 is 10.2. The summed E-state index contributed by atoms with van der Waals surface area (Å²) in [5, 5.41) is 10.3. The van der Waals surface area contributed by atoms with Gasteiger partial charge in [0.15, 0.2) is 0 Å². The molecule has 0 aliphatic carbocycles. The zero-order valence-electron chi connectivity index (χ0n) is 39.5. The lowest BCUT2D eigenvalue weighted by molar-refractivity contribution is 1.12. The molecule has 19 rings (SSSR count). The van der Waals surface area contributed by atoms with Crippen molar-refractivity contribution in [2.75, 3.05) is 0 Å². The molecule has 0 unspecified atom stereocenters. The number of fused-ring (bicyclic) bond motifs is 20. The van der Waals surface area contributed by atoms with Crippen LogP contribution in [0.2, 0.25) is 0 Å². The minimum atomic E-state index is 0.0450. The van der Waals surface area contributed by atoms with Gasteiger partial charge in [0.2, 0.25) is 13.4 Å². The van der Waals surface area contributed by atoms with Gasteiger partial charge in [0, 0.05) is 96.5 Å². The summed E-state index contributed by atoms with van der Waals surface area (Å²) >= 11 is 3.93. The molecule has 0 saturated heterocycles. The van der Waals surface area contributed by atoms with Crippen molar-refractivity contribution in [2.45, 2.75) is 19.6 Å². The van der Waals surface area contributed by atoms with E-state index >= 15 is 0 Å². The van der Waals surface area contributed by atoms with Gasteiger partial charge in [0.05, 0.1) is 33.1 Å². The number of nitrogens with zero attached hydrogens (tertiary/aromatic N) is 4. The Hall–Kier alpha value is -8.55. The van der Waals surface area contributed by atoms with E-state index in [-0.39, 0.29) is 13.4 Å². The van der Waals surface area contributed by atoms with Crippen molar-refractivity contribution in [2.24, 2.45) is 0 Å². The Balaban J connectivity index is 0.900. The molecule has 4 aliphatic rings. The molecule has 338 valence electrons. The average molecular weight is 971 g/mol. The molecule has 15 aromatic rings. The topological polar surface area (TPSA) is 19.7 Å². The van der Waals surface area contributed by atoms with Crippen LogP contribution in [0.5, 0.6) is 0 Å². The average Bonchev–Trinajstić information content (AvgIpc) is 4.20. The van der Waals surface area contributed by atoms with E-state index in [1.807, 2.05) is 23.5 Å². The van der Waals surface area contributed by atoms with Gasteiger partial charge >= 0.3 is 0 Å². The number of hydrogen-bond acceptors (Lipinski definition) is 2. The summed E-state index contributed by atoms with van der Waals surface area (Å²) in [6.45, 7) is 0.0901. The second-order valence-electron chi connectivity index (χ2n) is 20.7. The van der Waals surface area contributed by atoms with Crippen molar-refractivity contribution in [3.05, 3.63) is 218 Å². The van der Waals surface area contributed by atoms with Gasteiger partial charge < -0.3 is 18.3 Å². The fourth-order valence-electron chi connectivity index (χ4n) is 14.4. The molecule has 0 spiro atoms. The van der Waals surface area contributed by atoms with Gasteiger partial charge in [0.25, 0.3) is 0 Å². The molecule has 0 bridgehead atoms. The Labute approximate surface area is 433 Å². The van der Waals surface area contributed by atoms with Gasteiger partial charge in [-0.05, 0) is 88.6 Å². The molecule has 0 radical (unpaired) electrons. The highest BCUT2D eigenvalue weighted by atomic mass is 32.2. The number of para-hydroxylation sites is 8. The van der Waals surface area contributed by atoms with Crippen LogP contribution in [0, 0.1) is 0 Å². The lowest BCUT2D eigenvalue weighted by atomic mass is 9.32. The third-order valence-corrected chi connectivity index (χ3v) is 19.5. The van der Waals surface area contributed by atoms with Gasteiger partial charge in [0.1, 0.15) is 0 Å². The largest absolute Gasteiger partial charge is 0.310 e. The highest BCUT2D eigenvalue weighted by molar-refractivity contribution is 8.01. The van der Waals surface area contributed by atoms with Crippen LogP contribution in [0.1, 0.15) is 0 Å². The molecule has 4 nitrogen and oxygen atoms in total. The standard InChI is InChI=1S/C66H36B2N4S2/c1-7-25-51-39(15-1)40-16-2-8-26-52(40)69(51)37-31-57-63-61(33-37)73-59-36-60-50(35-49(59)67(63)47-23-13-21-45-43-19-5-11-29-55(43)71(57)65(45)47)68-48-24-14-22-46-44-20-6-12-30-56(44)72(66(46)48)58-32-38(34-62(74-60)64(58)68)70-53-27-9-3-17-41(53)42-18-4-10-28-54(42)70/h1-36H. The van der Waals surface area contributed by atoms with Crippen molar-refractivity contribution in [1.29, 1.82) is 0 Å². The minimum Gasteiger partial charge on any atom is -0.310 e. The Morgan fingerprint density at radius 1 is 0.257 bits per heavy atom. The molecule has 11 aromatic carbocycles. The van der Waals surface area contributed by atoms with E-state index in [1.54, 1.807) is 0 Å². The Kier molecular flexibility index (Phi) is 7.25.